The molecule has 0 unspecified atom stereocenters. The topological polar surface area (TPSA) is 69.7 Å². The summed E-state index contributed by atoms with van der Waals surface area (Å²) in [4.78, 5) is 5.90. The number of hydrogen-bond acceptors (Lipinski definition) is 5. The number of aliphatic hydroxyl groups excluding tert-OH is 1. The van der Waals surface area contributed by atoms with Crippen molar-refractivity contribution in [3.63, 3.8) is 0 Å². The van der Waals surface area contributed by atoms with Crippen LogP contribution in [-0.4, -0.2) is 34.4 Å². The lowest BCUT2D eigenvalue weighted by atomic mass is 10.0. The molecule has 1 aliphatic rings. The summed E-state index contributed by atoms with van der Waals surface area (Å²) >= 11 is 0. The van der Waals surface area contributed by atoms with Crippen LogP contribution in [0.1, 0.15) is 31.4 Å². The van der Waals surface area contributed by atoms with Gasteiger partial charge in [0.25, 0.3) is 6.01 Å². The molecule has 0 aromatic carbocycles. The number of oxazole rings is 1. The maximum Gasteiger partial charge on any atom is 0.297 e. The van der Waals surface area contributed by atoms with Crippen molar-refractivity contribution in [2.75, 3.05) is 18.5 Å². The molecular weight excluding hydrogens is 208 g/mol. The van der Waals surface area contributed by atoms with Crippen molar-refractivity contribution in [2.24, 2.45) is 0 Å². The summed E-state index contributed by atoms with van der Waals surface area (Å²) in [5, 5.41) is 19.1. The second-order valence-electron chi connectivity index (χ2n) is 4.57. The number of aromatic nitrogens is 1. The van der Waals surface area contributed by atoms with Gasteiger partial charge in [-0.1, -0.05) is 12.8 Å². The lowest BCUT2D eigenvalue weighted by molar-refractivity contribution is 0.0550. The number of nitrogens with zero attached hydrogens (tertiary/aromatic N) is 2. The number of rotatable bonds is 4. The highest BCUT2D eigenvalue weighted by Gasteiger charge is 2.33. The minimum Gasteiger partial charge on any atom is -0.432 e. The standard InChI is InChI=1S/C11H18N2O3/c1-13(8-11(15)4-2-3-5-11)10-12-9(6-14)7-16-10/h7,14-15H,2-6,8H2,1H3. The second kappa shape index (κ2) is 4.43. The number of anilines is 1. The Morgan fingerprint density at radius 1 is 1.50 bits per heavy atom. The molecule has 1 aliphatic carbocycles. The molecule has 16 heavy (non-hydrogen) atoms. The quantitative estimate of drug-likeness (QED) is 0.798. The van der Waals surface area contributed by atoms with Crippen LogP contribution in [0.5, 0.6) is 0 Å². The first kappa shape index (κ1) is 11.4. The van der Waals surface area contributed by atoms with E-state index in [-0.39, 0.29) is 6.61 Å². The van der Waals surface area contributed by atoms with Crippen molar-refractivity contribution in [3.8, 4) is 0 Å². The molecule has 1 aromatic heterocycles. The van der Waals surface area contributed by atoms with Crippen molar-refractivity contribution < 1.29 is 14.6 Å². The summed E-state index contributed by atoms with van der Waals surface area (Å²) in [6.45, 7) is 0.403. The molecule has 2 N–H and O–H groups in total. The van der Waals surface area contributed by atoms with E-state index in [1.54, 1.807) is 4.90 Å². The monoisotopic (exact) mass is 226 g/mol. The van der Waals surface area contributed by atoms with E-state index in [2.05, 4.69) is 4.98 Å². The third-order valence-corrected chi connectivity index (χ3v) is 3.09. The molecule has 1 aromatic rings. The minimum atomic E-state index is -0.609. The van der Waals surface area contributed by atoms with Gasteiger partial charge in [0.2, 0.25) is 0 Å². The van der Waals surface area contributed by atoms with Crippen molar-refractivity contribution in [3.05, 3.63) is 12.0 Å². The van der Waals surface area contributed by atoms with Crippen LogP contribution in [0, 0.1) is 0 Å². The van der Waals surface area contributed by atoms with E-state index < -0.39 is 5.60 Å². The fraction of sp³-hybridized carbons (Fsp3) is 0.727. The fourth-order valence-corrected chi connectivity index (χ4v) is 2.24. The van der Waals surface area contributed by atoms with Gasteiger partial charge in [-0.2, -0.15) is 4.98 Å². The van der Waals surface area contributed by atoms with Crippen LogP contribution < -0.4 is 4.90 Å². The Labute approximate surface area is 94.7 Å². The van der Waals surface area contributed by atoms with Crippen molar-refractivity contribution in [1.82, 2.24) is 4.98 Å². The van der Waals surface area contributed by atoms with E-state index in [1.165, 1.54) is 6.26 Å². The fourth-order valence-electron chi connectivity index (χ4n) is 2.24. The normalized spacial score (nSPS) is 18.9. The molecule has 0 bridgehead atoms. The zero-order valence-electron chi connectivity index (χ0n) is 9.52. The first-order chi connectivity index (χ1) is 7.63. The molecule has 1 saturated carbocycles. The van der Waals surface area contributed by atoms with Gasteiger partial charge >= 0.3 is 0 Å². The average molecular weight is 226 g/mol. The Bertz CT molecular complexity index is 345. The van der Waals surface area contributed by atoms with Crippen LogP contribution in [0.25, 0.3) is 0 Å². The smallest absolute Gasteiger partial charge is 0.297 e. The van der Waals surface area contributed by atoms with Gasteiger partial charge in [0.05, 0.1) is 18.8 Å². The third kappa shape index (κ3) is 2.36. The van der Waals surface area contributed by atoms with E-state index in [9.17, 15) is 5.11 Å². The summed E-state index contributed by atoms with van der Waals surface area (Å²) in [5.74, 6) is 0. The Morgan fingerprint density at radius 3 is 2.75 bits per heavy atom. The van der Waals surface area contributed by atoms with Crippen LogP contribution in [0.4, 0.5) is 6.01 Å². The molecule has 5 heteroatoms. The second-order valence-corrected chi connectivity index (χ2v) is 4.57. The van der Waals surface area contributed by atoms with Crippen LogP contribution in [0.2, 0.25) is 0 Å². The molecule has 1 heterocycles. The summed E-state index contributed by atoms with van der Waals surface area (Å²) < 4.78 is 5.22. The minimum absolute atomic E-state index is 0.123. The number of likely N-dealkylation sites (N-methyl/N-ethyl adjacent to an activating group) is 1. The predicted octanol–water partition coefficient (Wildman–Crippen LogP) is 0.908. The van der Waals surface area contributed by atoms with Crippen molar-refractivity contribution in [2.45, 2.75) is 37.9 Å². The van der Waals surface area contributed by atoms with Gasteiger partial charge in [0.1, 0.15) is 12.0 Å². The van der Waals surface area contributed by atoms with Crippen LogP contribution in [0.15, 0.2) is 10.7 Å². The maximum atomic E-state index is 10.2. The van der Waals surface area contributed by atoms with Gasteiger partial charge in [-0.3, -0.25) is 0 Å². The molecular formula is C11H18N2O3. The first-order valence-electron chi connectivity index (χ1n) is 5.62. The highest BCUT2D eigenvalue weighted by Crippen LogP contribution is 2.30. The van der Waals surface area contributed by atoms with E-state index >= 15 is 0 Å². The first-order valence-corrected chi connectivity index (χ1v) is 5.62. The molecule has 0 amide bonds. The SMILES string of the molecule is CN(CC1(O)CCCC1)c1nc(CO)co1. The van der Waals surface area contributed by atoms with Crippen LogP contribution in [0.3, 0.4) is 0 Å². The molecule has 5 nitrogen and oxygen atoms in total. The van der Waals surface area contributed by atoms with Gasteiger partial charge in [-0.25, -0.2) is 0 Å². The van der Waals surface area contributed by atoms with Gasteiger partial charge in [0.15, 0.2) is 0 Å². The van der Waals surface area contributed by atoms with E-state index in [0.717, 1.165) is 25.7 Å². The Hall–Kier alpha value is -1.07. The molecule has 2 rings (SSSR count). The molecule has 90 valence electrons. The van der Waals surface area contributed by atoms with Crippen molar-refractivity contribution in [1.29, 1.82) is 0 Å². The Morgan fingerprint density at radius 2 is 2.19 bits per heavy atom. The lowest BCUT2D eigenvalue weighted by Crippen LogP contribution is -2.39. The highest BCUT2D eigenvalue weighted by atomic mass is 16.4. The third-order valence-electron chi connectivity index (χ3n) is 3.09. The largest absolute Gasteiger partial charge is 0.432 e. The van der Waals surface area contributed by atoms with E-state index in [1.807, 2.05) is 7.05 Å². The van der Waals surface area contributed by atoms with Crippen LogP contribution in [-0.2, 0) is 6.61 Å². The average Bonchev–Trinajstić information content (AvgIpc) is 2.86. The summed E-state index contributed by atoms with van der Waals surface area (Å²) in [6, 6.07) is 0.448. The summed E-state index contributed by atoms with van der Waals surface area (Å²) in [7, 11) is 1.84. The summed E-state index contributed by atoms with van der Waals surface area (Å²) in [5.41, 5.74) is -0.0944. The Kier molecular flexibility index (Phi) is 3.16. The predicted molar refractivity (Wildman–Crippen MR) is 59.1 cm³/mol. The van der Waals surface area contributed by atoms with E-state index in [0.29, 0.717) is 18.3 Å². The zero-order valence-corrected chi connectivity index (χ0v) is 9.52. The van der Waals surface area contributed by atoms with Crippen molar-refractivity contribution >= 4 is 6.01 Å². The maximum absolute atomic E-state index is 10.2. The summed E-state index contributed by atoms with van der Waals surface area (Å²) in [6.07, 6.45) is 5.27. The Balaban J connectivity index is 1.99. The number of aliphatic hydroxyl groups is 2. The van der Waals surface area contributed by atoms with Gasteiger partial charge < -0.3 is 19.5 Å². The molecule has 0 atom stereocenters. The van der Waals surface area contributed by atoms with Gasteiger partial charge in [-0.05, 0) is 12.8 Å². The van der Waals surface area contributed by atoms with Gasteiger partial charge in [-0.15, -0.1) is 0 Å². The molecule has 1 fully saturated rings. The van der Waals surface area contributed by atoms with Crippen LogP contribution >= 0.6 is 0 Å². The highest BCUT2D eigenvalue weighted by molar-refractivity contribution is 5.26. The van der Waals surface area contributed by atoms with Gasteiger partial charge in [0, 0.05) is 7.05 Å². The molecule has 0 saturated heterocycles. The molecule has 0 spiro atoms. The molecule has 0 aliphatic heterocycles. The zero-order chi connectivity index (χ0) is 11.6. The lowest BCUT2D eigenvalue weighted by Gasteiger charge is -2.27. The molecule has 0 radical (unpaired) electrons. The van der Waals surface area contributed by atoms with E-state index in [4.69, 9.17) is 9.52 Å². The number of hydrogen-bond donors (Lipinski definition) is 2.